The summed E-state index contributed by atoms with van der Waals surface area (Å²) in [7, 11) is -3.54. The van der Waals surface area contributed by atoms with Crippen LogP contribution in [-0.4, -0.2) is 57.0 Å². The van der Waals surface area contributed by atoms with Crippen LogP contribution in [0.15, 0.2) is 71.6 Å². The van der Waals surface area contributed by atoms with Crippen LogP contribution in [-0.2, 0) is 14.8 Å². The van der Waals surface area contributed by atoms with E-state index >= 15 is 0 Å². The summed E-state index contributed by atoms with van der Waals surface area (Å²) in [5.74, 6) is -1.80. The number of halogens is 2. The molecule has 186 valence electrons. The van der Waals surface area contributed by atoms with Gasteiger partial charge in [0.2, 0.25) is 10.0 Å². The second kappa shape index (κ2) is 11.0. The third-order valence-corrected chi connectivity index (χ3v) is 8.37. The predicted molar refractivity (Wildman–Crippen MR) is 132 cm³/mol. The molecule has 0 aromatic heterocycles. The average molecular weight is 501 g/mol. The monoisotopic (exact) mass is 500 g/mol. The minimum atomic E-state index is -3.54. The fraction of sp³-hybridized carbons (Fsp3) is 0.333. The summed E-state index contributed by atoms with van der Waals surface area (Å²) in [5, 5.41) is 0. The number of sulfonamides is 1. The number of nitrogens with zero attached hydrogens (tertiary/aromatic N) is 2. The maximum atomic E-state index is 13.9. The van der Waals surface area contributed by atoms with E-state index in [4.69, 9.17) is 4.74 Å². The highest BCUT2D eigenvalue weighted by atomic mass is 32.2. The van der Waals surface area contributed by atoms with E-state index < -0.39 is 27.8 Å². The van der Waals surface area contributed by atoms with Gasteiger partial charge in [0.15, 0.2) is 11.6 Å². The lowest BCUT2D eigenvalue weighted by Crippen LogP contribution is -2.49. The topological polar surface area (TPSA) is 49.9 Å². The lowest BCUT2D eigenvalue weighted by Gasteiger charge is -2.34. The van der Waals surface area contributed by atoms with Crippen LogP contribution in [0.5, 0.6) is 0 Å². The Kier molecular flexibility index (Phi) is 7.96. The second-order valence-corrected chi connectivity index (χ2v) is 10.8. The maximum Gasteiger partial charge on any atom is 0.243 e. The largest absolute Gasteiger partial charge is 0.367 e. The molecule has 1 aliphatic heterocycles. The number of rotatable bonds is 8. The number of ether oxygens (including phenoxy) is 1. The lowest BCUT2D eigenvalue weighted by molar-refractivity contribution is 0.0525. The minimum Gasteiger partial charge on any atom is -0.367 e. The quantitative estimate of drug-likeness (QED) is 0.450. The number of hydrogen-bond acceptors (Lipinski definition) is 4. The lowest BCUT2D eigenvalue weighted by atomic mass is 10.0. The Labute approximate surface area is 206 Å². The molecule has 1 aliphatic rings. The van der Waals surface area contributed by atoms with Gasteiger partial charge in [0, 0.05) is 32.7 Å². The zero-order chi connectivity index (χ0) is 25.0. The molecule has 0 radical (unpaired) electrons. The molecule has 0 bridgehead atoms. The van der Waals surface area contributed by atoms with Gasteiger partial charge in [0.05, 0.1) is 11.5 Å². The normalized spacial score (nSPS) is 16.3. The van der Waals surface area contributed by atoms with Gasteiger partial charge in [-0.2, -0.15) is 4.31 Å². The first-order valence-corrected chi connectivity index (χ1v) is 13.1. The molecule has 5 nitrogen and oxygen atoms in total. The van der Waals surface area contributed by atoms with E-state index in [0.717, 1.165) is 22.8 Å². The van der Waals surface area contributed by atoms with Gasteiger partial charge in [-0.3, -0.25) is 4.90 Å². The molecule has 1 saturated heterocycles. The summed E-state index contributed by atoms with van der Waals surface area (Å²) in [4.78, 5) is 2.52. The number of aryl methyl sites for hydroxylation is 2. The van der Waals surface area contributed by atoms with Crippen LogP contribution < -0.4 is 0 Å². The molecule has 4 rings (SSSR count). The van der Waals surface area contributed by atoms with Gasteiger partial charge in [-0.05, 0) is 54.3 Å². The molecule has 1 atom stereocenters. The summed E-state index contributed by atoms with van der Waals surface area (Å²) in [5.41, 5.74) is 3.05. The van der Waals surface area contributed by atoms with Crippen LogP contribution in [0.4, 0.5) is 8.78 Å². The van der Waals surface area contributed by atoms with Crippen LogP contribution in [0.3, 0.4) is 0 Å². The van der Waals surface area contributed by atoms with Crippen molar-refractivity contribution in [3.8, 4) is 0 Å². The van der Waals surface area contributed by atoms with Gasteiger partial charge in [-0.25, -0.2) is 17.2 Å². The minimum absolute atomic E-state index is 0.363. The van der Waals surface area contributed by atoms with Crippen molar-refractivity contribution in [2.45, 2.75) is 24.8 Å². The molecule has 0 aliphatic carbocycles. The summed E-state index contributed by atoms with van der Waals surface area (Å²) in [6.07, 6.45) is -0.530. The average Bonchev–Trinajstić information content (AvgIpc) is 2.86. The standard InChI is InChI=1S/C27H30F2N2O3S/c1-20-8-9-21(2)26(18-20)35(32,33)31-14-12-30(13-15-31)16-17-34-27(22-6-4-3-5-7-22)23-10-11-24(28)25(29)19-23/h3-11,18-19,27H,12-17H2,1-2H3. The number of hydrogen-bond donors (Lipinski definition) is 0. The van der Waals surface area contributed by atoms with Gasteiger partial charge in [-0.1, -0.05) is 48.5 Å². The third kappa shape index (κ3) is 5.95. The number of benzene rings is 3. The van der Waals surface area contributed by atoms with E-state index in [1.165, 1.54) is 12.1 Å². The fourth-order valence-corrected chi connectivity index (χ4v) is 6.04. The van der Waals surface area contributed by atoms with Crippen molar-refractivity contribution in [2.75, 3.05) is 39.3 Å². The van der Waals surface area contributed by atoms with Crippen molar-refractivity contribution in [2.24, 2.45) is 0 Å². The molecule has 0 N–H and O–H groups in total. The van der Waals surface area contributed by atoms with Crippen LogP contribution in [0, 0.1) is 25.5 Å². The molecular formula is C27H30F2N2O3S. The Hall–Kier alpha value is -2.65. The number of piperazine rings is 1. The summed E-state index contributed by atoms with van der Waals surface area (Å²) < 4.78 is 61.3. The first kappa shape index (κ1) is 25.4. The van der Waals surface area contributed by atoms with E-state index in [1.807, 2.05) is 56.3 Å². The third-order valence-electron chi connectivity index (χ3n) is 6.33. The molecule has 1 fully saturated rings. The zero-order valence-electron chi connectivity index (χ0n) is 20.0. The van der Waals surface area contributed by atoms with Gasteiger partial charge >= 0.3 is 0 Å². The molecular weight excluding hydrogens is 470 g/mol. The smallest absolute Gasteiger partial charge is 0.243 e. The Balaban J connectivity index is 1.37. The summed E-state index contributed by atoms with van der Waals surface area (Å²) in [6.45, 7) is 6.66. The van der Waals surface area contributed by atoms with Gasteiger partial charge in [0.1, 0.15) is 6.10 Å². The molecule has 0 amide bonds. The van der Waals surface area contributed by atoms with E-state index in [9.17, 15) is 17.2 Å². The molecule has 1 heterocycles. The molecule has 1 unspecified atom stereocenters. The van der Waals surface area contributed by atoms with Crippen LogP contribution in [0.1, 0.15) is 28.4 Å². The van der Waals surface area contributed by atoms with Crippen molar-refractivity contribution >= 4 is 10.0 Å². The Morgan fingerprint density at radius 3 is 2.26 bits per heavy atom. The maximum absolute atomic E-state index is 13.9. The first-order valence-electron chi connectivity index (χ1n) is 11.7. The Morgan fingerprint density at radius 1 is 0.857 bits per heavy atom. The van der Waals surface area contributed by atoms with Crippen LogP contribution in [0.25, 0.3) is 0 Å². The molecule has 8 heteroatoms. The Bertz CT molecular complexity index is 1260. The summed E-state index contributed by atoms with van der Waals surface area (Å²) in [6, 6.07) is 18.7. The van der Waals surface area contributed by atoms with E-state index in [0.29, 0.717) is 49.8 Å². The molecule has 3 aromatic carbocycles. The first-order chi connectivity index (χ1) is 16.8. The fourth-order valence-electron chi connectivity index (χ4n) is 4.31. The molecule has 0 spiro atoms. The van der Waals surface area contributed by atoms with E-state index in [1.54, 1.807) is 10.4 Å². The summed E-state index contributed by atoms with van der Waals surface area (Å²) >= 11 is 0. The SMILES string of the molecule is Cc1ccc(C)c(S(=O)(=O)N2CCN(CCOC(c3ccccc3)c3ccc(F)c(F)c3)CC2)c1. The molecule has 0 saturated carbocycles. The van der Waals surface area contributed by atoms with Gasteiger partial charge in [0.25, 0.3) is 0 Å². The van der Waals surface area contributed by atoms with Crippen molar-refractivity contribution < 1.29 is 21.9 Å². The van der Waals surface area contributed by atoms with Gasteiger partial charge < -0.3 is 4.74 Å². The van der Waals surface area contributed by atoms with Crippen molar-refractivity contribution in [1.82, 2.24) is 9.21 Å². The van der Waals surface area contributed by atoms with Crippen LogP contribution in [0.2, 0.25) is 0 Å². The van der Waals surface area contributed by atoms with Crippen molar-refractivity contribution in [1.29, 1.82) is 0 Å². The van der Waals surface area contributed by atoms with E-state index in [-0.39, 0.29) is 0 Å². The van der Waals surface area contributed by atoms with Gasteiger partial charge in [-0.15, -0.1) is 0 Å². The highest BCUT2D eigenvalue weighted by Gasteiger charge is 2.29. The highest BCUT2D eigenvalue weighted by Crippen LogP contribution is 2.27. The van der Waals surface area contributed by atoms with Crippen molar-refractivity contribution in [3.63, 3.8) is 0 Å². The van der Waals surface area contributed by atoms with E-state index in [2.05, 4.69) is 4.90 Å². The zero-order valence-corrected chi connectivity index (χ0v) is 20.8. The highest BCUT2D eigenvalue weighted by molar-refractivity contribution is 7.89. The molecule has 3 aromatic rings. The van der Waals surface area contributed by atoms with Crippen molar-refractivity contribution in [3.05, 3.63) is 101 Å². The molecule has 35 heavy (non-hydrogen) atoms. The predicted octanol–water partition coefficient (Wildman–Crippen LogP) is 4.69. The second-order valence-electron chi connectivity index (χ2n) is 8.85. The van der Waals surface area contributed by atoms with Crippen LogP contribution >= 0.6 is 0 Å². The Morgan fingerprint density at radius 2 is 1.57 bits per heavy atom.